The van der Waals surface area contributed by atoms with Gasteiger partial charge in [0, 0.05) is 28.7 Å². The number of amides is 1. The predicted molar refractivity (Wildman–Crippen MR) is 88.4 cm³/mol. The van der Waals surface area contributed by atoms with Crippen molar-refractivity contribution in [3.63, 3.8) is 0 Å². The average Bonchev–Trinajstić information content (AvgIpc) is 2.54. The largest absolute Gasteiger partial charge is 0.495 e. The van der Waals surface area contributed by atoms with Crippen LogP contribution >= 0.6 is 15.9 Å². The van der Waals surface area contributed by atoms with E-state index in [-0.39, 0.29) is 28.4 Å². The number of ether oxygens (including phenoxy) is 1. The van der Waals surface area contributed by atoms with E-state index >= 15 is 0 Å². The molecular formula is C14H10BrN3O6. The summed E-state index contributed by atoms with van der Waals surface area (Å²) in [5.74, 6) is -0.458. The van der Waals surface area contributed by atoms with E-state index < -0.39 is 15.8 Å². The number of nitro groups is 2. The molecule has 0 aromatic heterocycles. The van der Waals surface area contributed by atoms with Gasteiger partial charge < -0.3 is 10.1 Å². The lowest BCUT2D eigenvalue weighted by molar-refractivity contribution is -0.385. The Morgan fingerprint density at radius 3 is 2.25 bits per heavy atom. The highest BCUT2D eigenvalue weighted by molar-refractivity contribution is 9.10. The normalized spacial score (nSPS) is 10.1. The Labute approximate surface area is 143 Å². The number of rotatable bonds is 5. The SMILES string of the molecule is COc1ccc([N+](=O)[O-])cc1NC(=O)c1cc([N+](=O)[O-])ccc1Br. The zero-order chi connectivity index (χ0) is 17.9. The molecule has 0 fully saturated rings. The van der Waals surface area contributed by atoms with Crippen molar-refractivity contribution in [2.45, 2.75) is 0 Å². The number of carbonyl (C=O) groups is 1. The van der Waals surface area contributed by atoms with Crippen LogP contribution in [0.1, 0.15) is 10.4 Å². The van der Waals surface area contributed by atoms with Crippen LogP contribution in [0.15, 0.2) is 40.9 Å². The lowest BCUT2D eigenvalue weighted by atomic mass is 10.1. The van der Waals surface area contributed by atoms with Gasteiger partial charge in [-0.3, -0.25) is 25.0 Å². The summed E-state index contributed by atoms with van der Waals surface area (Å²) < 4.78 is 5.39. The molecule has 0 aliphatic rings. The zero-order valence-corrected chi connectivity index (χ0v) is 13.8. The van der Waals surface area contributed by atoms with Gasteiger partial charge in [-0.15, -0.1) is 0 Å². The molecule has 2 aromatic carbocycles. The minimum Gasteiger partial charge on any atom is -0.495 e. The Morgan fingerprint density at radius 2 is 1.67 bits per heavy atom. The number of benzene rings is 2. The van der Waals surface area contributed by atoms with E-state index in [0.717, 1.165) is 12.1 Å². The minimum atomic E-state index is -0.677. The highest BCUT2D eigenvalue weighted by atomic mass is 79.9. The molecule has 0 spiro atoms. The van der Waals surface area contributed by atoms with E-state index in [2.05, 4.69) is 21.2 Å². The molecule has 0 bridgehead atoms. The standard InChI is InChI=1S/C14H10BrN3O6/c1-24-13-5-3-9(18(22)23)7-12(13)16-14(19)10-6-8(17(20)21)2-4-11(10)15/h2-7H,1H3,(H,16,19). The van der Waals surface area contributed by atoms with Gasteiger partial charge in [-0.2, -0.15) is 0 Å². The number of halogens is 1. The maximum Gasteiger partial charge on any atom is 0.271 e. The smallest absolute Gasteiger partial charge is 0.271 e. The Bertz CT molecular complexity index is 839. The molecule has 0 atom stereocenters. The van der Waals surface area contributed by atoms with Crippen molar-refractivity contribution >= 4 is 38.9 Å². The summed E-state index contributed by atoms with van der Waals surface area (Å²) in [5, 5.41) is 24.1. The number of carbonyl (C=O) groups excluding carboxylic acids is 1. The van der Waals surface area contributed by atoms with Crippen LogP contribution < -0.4 is 10.1 Å². The Hall–Kier alpha value is -3.01. The second kappa shape index (κ2) is 7.04. The fourth-order valence-corrected chi connectivity index (χ4v) is 2.32. The van der Waals surface area contributed by atoms with E-state index in [1.807, 2.05) is 0 Å². The van der Waals surface area contributed by atoms with Crippen LogP contribution in [-0.2, 0) is 0 Å². The van der Waals surface area contributed by atoms with E-state index in [1.54, 1.807) is 0 Å². The van der Waals surface area contributed by atoms with Crippen molar-refractivity contribution < 1.29 is 19.4 Å². The number of hydrogen-bond acceptors (Lipinski definition) is 6. The molecule has 10 heteroatoms. The van der Waals surface area contributed by atoms with Gasteiger partial charge in [0.1, 0.15) is 5.75 Å². The zero-order valence-electron chi connectivity index (χ0n) is 12.2. The molecule has 24 heavy (non-hydrogen) atoms. The summed E-state index contributed by atoms with van der Waals surface area (Å²) in [6.45, 7) is 0. The lowest BCUT2D eigenvalue weighted by Crippen LogP contribution is -2.14. The fourth-order valence-electron chi connectivity index (χ4n) is 1.90. The maximum absolute atomic E-state index is 12.4. The maximum atomic E-state index is 12.4. The van der Waals surface area contributed by atoms with Gasteiger partial charge in [0.25, 0.3) is 17.3 Å². The molecule has 2 aromatic rings. The summed E-state index contributed by atoms with van der Waals surface area (Å²) >= 11 is 3.14. The first-order valence-electron chi connectivity index (χ1n) is 6.41. The number of nitro benzene ring substituents is 2. The van der Waals surface area contributed by atoms with Crippen molar-refractivity contribution in [1.29, 1.82) is 0 Å². The molecule has 9 nitrogen and oxygen atoms in total. The number of methoxy groups -OCH3 is 1. The van der Waals surface area contributed by atoms with Crippen LogP contribution in [0.2, 0.25) is 0 Å². The van der Waals surface area contributed by atoms with Crippen molar-refractivity contribution in [1.82, 2.24) is 0 Å². The Kier molecular flexibility index (Phi) is 5.09. The molecule has 0 saturated carbocycles. The third kappa shape index (κ3) is 3.66. The van der Waals surface area contributed by atoms with Gasteiger partial charge in [0.2, 0.25) is 0 Å². The highest BCUT2D eigenvalue weighted by Crippen LogP contribution is 2.30. The van der Waals surface area contributed by atoms with E-state index in [0.29, 0.717) is 4.47 Å². The number of nitrogens with zero attached hydrogens (tertiary/aromatic N) is 2. The fraction of sp³-hybridized carbons (Fsp3) is 0.0714. The van der Waals surface area contributed by atoms with Crippen LogP contribution in [0, 0.1) is 20.2 Å². The van der Waals surface area contributed by atoms with E-state index in [1.165, 1.54) is 31.4 Å². The Morgan fingerprint density at radius 1 is 1.08 bits per heavy atom. The lowest BCUT2D eigenvalue weighted by Gasteiger charge is -2.10. The topological polar surface area (TPSA) is 125 Å². The molecule has 0 saturated heterocycles. The van der Waals surface area contributed by atoms with Gasteiger partial charge in [-0.1, -0.05) is 0 Å². The summed E-state index contributed by atoms with van der Waals surface area (Å²) in [6.07, 6.45) is 0. The quantitative estimate of drug-likeness (QED) is 0.609. The van der Waals surface area contributed by atoms with Crippen molar-refractivity contribution in [2.24, 2.45) is 0 Å². The average molecular weight is 396 g/mol. The number of non-ortho nitro benzene ring substituents is 2. The van der Waals surface area contributed by atoms with Gasteiger partial charge >= 0.3 is 0 Å². The highest BCUT2D eigenvalue weighted by Gasteiger charge is 2.18. The first-order chi connectivity index (χ1) is 11.3. The Balaban J connectivity index is 2.39. The molecule has 0 aliphatic heterocycles. The second-order valence-corrected chi connectivity index (χ2v) is 5.37. The minimum absolute atomic E-state index is 0.0118. The molecule has 0 heterocycles. The predicted octanol–water partition coefficient (Wildman–Crippen LogP) is 3.53. The third-order valence-electron chi connectivity index (χ3n) is 3.05. The first-order valence-corrected chi connectivity index (χ1v) is 7.20. The third-order valence-corrected chi connectivity index (χ3v) is 3.74. The van der Waals surface area contributed by atoms with E-state index in [4.69, 9.17) is 4.74 Å². The molecule has 1 amide bonds. The summed E-state index contributed by atoms with van der Waals surface area (Å²) in [5.41, 5.74) is -0.397. The van der Waals surface area contributed by atoms with Crippen LogP contribution in [0.5, 0.6) is 5.75 Å². The van der Waals surface area contributed by atoms with Crippen molar-refractivity contribution in [2.75, 3.05) is 12.4 Å². The molecule has 2 rings (SSSR count). The van der Waals surface area contributed by atoms with Gasteiger partial charge in [0.05, 0.1) is 28.2 Å². The molecule has 0 unspecified atom stereocenters. The molecular weight excluding hydrogens is 386 g/mol. The monoisotopic (exact) mass is 395 g/mol. The van der Waals surface area contributed by atoms with Gasteiger partial charge in [-0.05, 0) is 28.1 Å². The second-order valence-electron chi connectivity index (χ2n) is 4.52. The van der Waals surface area contributed by atoms with E-state index in [9.17, 15) is 25.0 Å². The molecule has 0 radical (unpaired) electrons. The number of nitrogens with one attached hydrogen (secondary N) is 1. The first kappa shape index (κ1) is 17.3. The van der Waals surface area contributed by atoms with Crippen LogP contribution in [0.25, 0.3) is 0 Å². The summed E-state index contributed by atoms with van der Waals surface area (Å²) in [4.78, 5) is 32.8. The molecule has 0 aliphatic carbocycles. The van der Waals surface area contributed by atoms with Crippen LogP contribution in [0.3, 0.4) is 0 Å². The van der Waals surface area contributed by atoms with Crippen molar-refractivity contribution in [3.05, 3.63) is 66.7 Å². The summed E-state index contributed by atoms with van der Waals surface area (Å²) in [7, 11) is 1.35. The number of anilines is 1. The van der Waals surface area contributed by atoms with Gasteiger partial charge in [0.15, 0.2) is 0 Å². The van der Waals surface area contributed by atoms with Crippen LogP contribution in [-0.4, -0.2) is 22.9 Å². The number of hydrogen-bond donors (Lipinski definition) is 1. The van der Waals surface area contributed by atoms with Crippen molar-refractivity contribution in [3.8, 4) is 5.75 Å². The van der Waals surface area contributed by atoms with Crippen LogP contribution in [0.4, 0.5) is 17.1 Å². The summed E-state index contributed by atoms with van der Waals surface area (Å²) in [6, 6.07) is 7.44. The molecule has 124 valence electrons. The van der Waals surface area contributed by atoms with Gasteiger partial charge in [-0.25, -0.2) is 0 Å². The molecule has 1 N–H and O–H groups in total.